The van der Waals surface area contributed by atoms with Gasteiger partial charge in [-0.15, -0.1) is 11.3 Å². The van der Waals surface area contributed by atoms with Crippen LogP contribution in [0, 0.1) is 12.7 Å². The fourth-order valence-corrected chi connectivity index (χ4v) is 3.43. The van der Waals surface area contributed by atoms with Crippen LogP contribution in [0.1, 0.15) is 28.6 Å². The lowest BCUT2D eigenvalue weighted by Crippen LogP contribution is -2.13. The van der Waals surface area contributed by atoms with Gasteiger partial charge < -0.3 is 15.2 Å². The molecule has 0 bridgehead atoms. The Hall–Kier alpha value is -3.00. The molecular formula is C19H18FNO5S. The SMILES string of the molecule is CCCOC(=O)c1c(NC(=O)/C=C/C(=O)O)sc(C)c1-c1ccc(F)cc1. The highest BCUT2D eigenvalue weighted by Crippen LogP contribution is 2.40. The van der Waals surface area contributed by atoms with E-state index in [4.69, 9.17) is 9.84 Å². The average molecular weight is 391 g/mol. The highest BCUT2D eigenvalue weighted by molar-refractivity contribution is 7.17. The Kier molecular flexibility index (Phi) is 6.84. The summed E-state index contributed by atoms with van der Waals surface area (Å²) in [5.41, 5.74) is 1.31. The molecule has 2 rings (SSSR count). The van der Waals surface area contributed by atoms with Crippen molar-refractivity contribution in [2.75, 3.05) is 11.9 Å². The molecule has 0 atom stereocenters. The molecule has 0 saturated heterocycles. The second-order valence-corrected chi connectivity index (χ2v) is 6.77. The molecular weight excluding hydrogens is 373 g/mol. The topological polar surface area (TPSA) is 92.7 Å². The summed E-state index contributed by atoms with van der Waals surface area (Å²) in [7, 11) is 0. The van der Waals surface area contributed by atoms with E-state index in [1.165, 1.54) is 24.3 Å². The lowest BCUT2D eigenvalue weighted by Gasteiger charge is -2.09. The maximum absolute atomic E-state index is 13.3. The third kappa shape index (κ3) is 5.24. The maximum Gasteiger partial charge on any atom is 0.341 e. The molecule has 2 N–H and O–H groups in total. The summed E-state index contributed by atoms with van der Waals surface area (Å²) in [6.07, 6.45) is 2.19. The minimum absolute atomic E-state index is 0.162. The molecule has 0 fully saturated rings. The molecule has 0 aliphatic heterocycles. The first kappa shape index (κ1) is 20.3. The van der Waals surface area contributed by atoms with Crippen molar-refractivity contribution in [2.24, 2.45) is 0 Å². The van der Waals surface area contributed by atoms with Gasteiger partial charge in [-0.3, -0.25) is 4.79 Å². The third-order valence-corrected chi connectivity index (χ3v) is 4.49. The number of aryl methyl sites for hydroxylation is 1. The number of benzene rings is 1. The van der Waals surface area contributed by atoms with E-state index < -0.39 is 23.7 Å². The number of carbonyl (C=O) groups is 3. The minimum Gasteiger partial charge on any atom is -0.478 e. The molecule has 0 aliphatic rings. The van der Waals surface area contributed by atoms with Crippen LogP contribution in [0.3, 0.4) is 0 Å². The Labute approximate surface area is 159 Å². The van der Waals surface area contributed by atoms with Crippen molar-refractivity contribution in [2.45, 2.75) is 20.3 Å². The van der Waals surface area contributed by atoms with Crippen molar-refractivity contribution >= 4 is 34.2 Å². The number of halogens is 1. The zero-order chi connectivity index (χ0) is 20.0. The number of carboxylic acid groups (broad SMARTS) is 1. The Bertz CT molecular complexity index is 886. The first-order chi connectivity index (χ1) is 12.8. The van der Waals surface area contributed by atoms with Crippen LogP contribution < -0.4 is 5.32 Å². The van der Waals surface area contributed by atoms with Crippen LogP contribution in [-0.2, 0) is 14.3 Å². The van der Waals surface area contributed by atoms with E-state index in [-0.39, 0.29) is 17.2 Å². The summed E-state index contributed by atoms with van der Waals surface area (Å²) in [4.78, 5) is 35.8. The lowest BCUT2D eigenvalue weighted by molar-refractivity contribution is -0.131. The minimum atomic E-state index is -1.26. The number of rotatable bonds is 7. The summed E-state index contributed by atoms with van der Waals surface area (Å²) >= 11 is 1.16. The van der Waals surface area contributed by atoms with Gasteiger partial charge in [0, 0.05) is 22.6 Å². The summed E-state index contributed by atoms with van der Waals surface area (Å²) < 4.78 is 18.5. The van der Waals surface area contributed by atoms with Crippen molar-refractivity contribution in [3.63, 3.8) is 0 Å². The number of hydrogen-bond donors (Lipinski definition) is 2. The Morgan fingerprint density at radius 1 is 1.22 bits per heavy atom. The Balaban J connectivity index is 2.48. The van der Waals surface area contributed by atoms with Gasteiger partial charge in [-0.25, -0.2) is 14.0 Å². The molecule has 2 aromatic rings. The summed E-state index contributed by atoms with van der Waals surface area (Å²) in [6, 6.07) is 5.64. The number of carbonyl (C=O) groups excluding carboxylic acids is 2. The van der Waals surface area contributed by atoms with Gasteiger partial charge in [0.15, 0.2) is 0 Å². The second-order valence-electron chi connectivity index (χ2n) is 5.54. The van der Waals surface area contributed by atoms with E-state index in [0.29, 0.717) is 23.6 Å². The van der Waals surface area contributed by atoms with Crippen LogP contribution in [0.2, 0.25) is 0 Å². The standard InChI is InChI=1S/C19H18FNO5S/c1-3-10-26-19(25)17-16(12-4-6-13(20)7-5-12)11(2)27-18(17)21-14(22)8-9-15(23)24/h4-9H,3,10H2,1-2H3,(H,21,22)(H,23,24)/b9-8+. The number of anilines is 1. The van der Waals surface area contributed by atoms with Crippen LogP contribution in [-0.4, -0.2) is 29.6 Å². The largest absolute Gasteiger partial charge is 0.478 e. The number of thiophene rings is 1. The van der Waals surface area contributed by atoms with Crippen LogP contribution in [0.15, 0.2) is 36.4 Å². The van der Waals surface area contributed by atoms with E-state index in [1.54, 1.807) is 6.92 Å². The molecule has 1 aromatic carbocycles. The van der Waals surface area contributed by atoms with Gasteiger partial charge in [0.25, 0.3) is 0 Å². The fourth-order valence-electron chi connectivity index (χ4n) is 2.36. The molecule has 0 saturated carbocycles. The Morgan fingerprint density at radius 3 is 2.48 bits per heavy atom. The van der Waals surface area contributed by atoms with Crippen LogP contribution in [0.4, 0.5) is 9.39 Å². The van der Waals surface area contributed by atoms with Gasteiger partial charge in [0.05, 0.1) is 6.61 Å². The predicted octanol–water partition coefficient (Wildman–Crippen LogP) is 4.01. The van der Waals surface area contributed by atoms with E-state index in [9.17, 15) is 18.8 Å². The summed E-state index contributed by atoms with van der Waals surface area (Å²) in [5, 5.41) is 11.4. The quantitative estimate of drug-likeness (QED) is 0.550. The van der Waals surface area contributed by atoms with E-state index in [1.807, 2.05) is 6.92 Å². The number of carboxylic acids is 1. The molecule has 0 unspecified atom stereocenters. The number of amides is 1. The van der Waals surface area contributed by atoms with Crippen molar-refractivity contribution in [1.29, 1.82) is 0 Å². The van der Waals surface area contributed by atoms with E-state index in [2.05, 4.69) is 5.32 Å². The van der Waals surface area contributed by atoms with Crippen molar-refractivity contribution in [3.05, 3.63) is 52.7 Å². The lowest BCUT2D eigenvalue weighted by atomic mass is 10.0. The number of esters is 1. The van der Waals surface area contributed by atoms with Gasteiger partial charge >= 0.3 is 11.9 Å². The molecule has 1 aromatic heterocycles. The monoisotopic (exact) mass is 391 g/mol. The normalized spacial score (nSPS) is 10.8. The number of ether oxygens (including phenoxy) is 1. The maximum atomic E-state index is 13.3. The van der Waals surface area contributed by atoms with Gasteiger partial charge in [0.1, 0.15) is 16.4 Å². The second kappa shape index (κ2) is 9.09. The molecule has 142 valence electrons. The molecule has 0 spiro atoms. The summed E-state index contributed by atoms with van der Waals surface area (Å²) in [5.74, 6) is -2.97. The number of nitrogens with one attached hydrogen (secondary N) is 1. The zero-order valence-electron chi connectivity index (χ0n) is 14.7. The first-order valence-electron chi connectivity index (χ1n) is 8.12. The first-order valence-corrected chi connectivity index (χ1v) is 8.93. The van der Waals surface area contributed by atoms with E-state index in [0.717, 1.165) is 22.3 Å². The van der Waals surface area contributed by atoms with Gasteiger partial charge in [-0.2, -0.15) is 0 Å². The van der Waals surface area contributed by atoms with Crippen molar-refractivity contribution in [3.8, 4) is 11.1 Å². The zero-order valence-corrected chi connectivity index (χ0v) is 15.6. The fraction of sp³-hybridized carbons (Fsp3) is 0.211. The van der Waals surface area contributed by atoms with Crippen molar-refractivity contribution in [1.82, 2.24) is 0 Å². The van der Waals surface area contributed by atoms with Crippen LogP contribution in [0.25, 0.3) is 11.1 Å². The van der Waals surface area contributed by atoms with Gasteiger partial charge in [-0.05, 0) is 31.0 Å². The predicted molar refractivity (Wildman–Crippen MR) is 100 cm³/mol. The number of aliphatic carboxylic acids is 1. The van der Waals surface area contributed by atoms with Gasteiger partial charge in [0.2, 0.25) is 5.91 Å². The molecule has 1 heterocycles. The molecule has 6 nitrogen and oxygen atoms in total. The highest BCUT2D eigenvalue weighted by atomic mass is 32.1. The molecule has 27 heavy (non-hydrogen) atoms. The van der Waals surface area contributed by atoms with Crippen molar-refractivity contribution < 1.29 is 28.6 Å². The third-order valence-electron chi connectivity index (χ3n) is 3.47. The molecule has 8 heteroatoms. The highest BCUT2D eigenvalue weighted by Gasteiger charge is 2.25. The van der Waals surface area contributed by atoms with E-state index >= 15 is 0 Å². The van der Waals surface area contributed by atoms with Gasteiger partial charge in [-0.1, -0.05) is 19.1 Å². The number of hydrogen-bond acceptors (Lipinski definition) is 5. The molecule has 0 radical (unpaired) electrons. The average Bonchev–Trinajstić information content (AvgIpc) is 2.94. The van der Waals surface area contributed by atoms with Crippen LogP contribution >= 0.6 is 11.3 Å². The molecule has 0 aliphatic carbocycles. The smallest absolute Gasteiger partial charge is 0.341 e. The Morgan fingerprint density at radius 2 is 1.89 bits per heavy atom. The molecule has 1 amide bonds. The van der Waals surface area contributed by atoms with Crippen LogP contribution in [0.5, 0.6) is 0 Å². The summed E-state index contributed by atoms with van der Waals surface area (Å²) in [6.45, 7) is 3.83.